The smallest absolute Gasteiger partial charge is 0.323 e. The summed E-state index contributed by atoms with van der Waals surface area (Å²) in [5.41, 5.74) is 3.52. The van der Waals surface area contributed by atoms with E-state index >= 15 is 0 Å². The minimum absolute atomic E-state index is 0.126. The zero-order valence-electron chi connectivity index (χ0n) is 25.8. The van der Waals surface area contributed by atoms with Crippen LogP contribution in [0.2, 0.25) is 0 Å². The van der Waals surface area contributed by atoms with Crippen LogP contribution in [0.25, 0.3) is 11.1 Å². The second-order valence-corrected chi connectivity index (χ2v) is 11.8. The highest BCUT2D eigenvalue weighted by Crippen LogP contribution is 2.28. The van der Waals surface area contributed by atoms with Gasteiger partial charge in [-0.15, -0.1) is 0 Å². The van der Waals surface area contributed by atoms with Crippen molar-refractivity contribution in [3.8, 4) is 11.1 Å². The Kier molecular flexibility index (Phi) is 10.0. The SMILES string of the molecule is Cc1ccc(NC(=O)Nc2cn(C(C)(C)C)nc2C(=O)N(CCNC=O)C(C)C)cc1-c1ccc(N2CCOCC2)nc1. The van der Waals surface area contributed by atoms with E-state index in [0.717, 1.165) is 35.6 Å². The molecule has 1 aliphatic rings. The lowest BCUT2D eigenvalue weighted by Crippen LogP contribution is -2.42. The van der Waals surface area contributed by atoms with Crippen LogP contribution in [0.1, 0.15) is 50.7 Å². The van der Waals surface area contributed by atoms with Crippen LogP contribution in [0, 0.1) is 6.92 Å². The van der Waals surface area contributed by atoms with Gasteiger partial charge in [-0.2, -0.15) is 5.10 Å². The Hall–Kier alpha value is -4.45. The summed E-state index contributed by atoms with van der Waals surface area (Å²) in [6, 6.07) is 9.08. The van der Waals surface area contributed by atoms with Gasteiger partial charge in [-0.1, -0.05) is 6.07 Å². The molecule has 0 spiro atoms. The van der Waals surface area contributed by atoms with Crippen molar-refractivity contribution in [2.75, 3.05) is 54.9 Å². The van der Waals surface area contributed by atoms with Crippen LogP contribution in [0.3, 0.4) is 0 Å². The number of aryl methyl sites for hydroxylation is 1. The number of carbonyl (C=O) groups excluding carboxylic acids is 3. The minimum Gasteiger partial charge on any atom is -0.378 e. The van der Waals surface area contributed by atoms with Gasteiger partial charge in [0.15, 0.2) is 5.69 Å². The topological polar surface area (TPSA) is 134 Å². The summed E-state index contributed by atoms with van der Waals surface area (Å²) in [5.74, 6) is 0.571. The summed E-state index contributed by atoms with van der Waals surface area (Å²) in [5, 5.41) is 12.9. The molecule has 0 atom stereocenters. The maximum absolute atomic E-state index is 13.6. The Morgan fingerprint density at radius 3 is 2.49 bits per heavy atom. The molecule has 230 valence electrons. The molecule has 43 heavy (non-hydrogen) atoms. The predicted octanol–water partition coefficient (Wildman–Crippen LogP) is 4.09. The third-order valence-corrected chi connectivity index (χ3v) is 7.21. The lowest BCUT2D eigenvalue weighted by Gasteiger charge is -2.27. The van der Waals surface area contributed by atoms with E-state index in [-0.39, 0.29) is 17.6 Å². The average molecular weight is 591 g/mol. The maximum atomic E-state index is 13.6. The Labute approximate surface area is 252 Å². The van der Waals surface area contributed by atoms with Crippen molar-refractivity contribution in [2.24, 2.45) is 0 Å². The highest BCUT2D eigenvalue weighted by Gasteiger charge is 2.28. The molecule has 1 aromatic carbocycles. The first kappa shape index (κ1) is 31.5. The first-order valence-electron chi connectivity index (χ1n) is 14.5. The predicted molar refractivity (Wildman–Crippen MR) is 168 cm³/mol. The van der Waals surface area contributed by atoms with Crippen LogP contribution in [-0.4, -0.2) is 83.4 Å². The van der Waals surface area contributed by atoms with Gasteiger partial charge in [-0.25, -0.2) is 9.78 Å². The maximum Gasteiger partial charge on any atom is 0.323 e. The number of morpholine rings is 1. The Bertz CT molecular complexity index is 1420. The summed E-state index contributed by atoms with van der Waals surface area (Å²) in [4.78, 5) is 46.0. The van der Waals surface area contributed by atoms with Crippen LogP contribution in [0.5, 0.6) is 0 Å². The number of benzene rings is 1. The number of ether oxygens (including phenoxy) is 1. The number of hydrogen-bond donors (Lipinski definition) is 3. The first-order chi connectivity index (χ1) is 20.5. The van der Waals surface area contributed by atoms with Crippen molar-refractivity contribution >= 4 is 35.5 Å². The van der Waals surface area contributed by atoms with Gasteiger partial charge >= 0.3 is 6.03 Å². The van der Waals surface area contributed by atoms with Crippen molar-refractivity contribution in [1.82, 2.24) is 25.0 Å². The Morgan fingerprint density at radius 2 is 1.86 bits per heavy atom. The average Bonchev–Trinajstić information content (AvgIpc) is 3.41. The second kappa shape index (κ2) is 13.7. The molecule has 0 unspecified atom stereocenters. The molecule has 0 bridgehead atoms. The number of urea groups is 1. The molecule has 4 amide bonds. The van der Waals surface area contributed by atoms with E-state index in [4.69, 9.17) is 4.74 Å². The lowest BCUT2D eigenvalue weighted by molar-refractivity contribution is -0.109. The Balaban J connectivity index is 1.53. The van der Waals surface area contributed by atoms with Gasteiger partial charge in [0.2, 0.25) is 6.41 Å². The number of nitrogens with zero attached hydrogens (tertiary/aromatic N) is 5. The quantitative estimate of drug-likeness (QED) is 0.239. The van der Waals surface area contributed by atoms with E-state index in [1.54, 1.807) is 15.8 Å². The monoisotopic (exact) mass is 590 g/mol. The molecule has 0 aliphatic carbocycles. The van der Waals surface area contributed by atoms with Crippen molar-refractivity contribution in [3.05, 3.63) is 54.0 Å². The van der Waals surface area contributed by atoms with Crippen LogP contribution in [0.15, 0.2) is 42.7 Å². The van der Waals surface area contributed by atoms with E-state index in [0.29, 0.717) is 44.1 Å². The molecule has 3 aromatic rings. The molecular weight excluding hydrogens is 548 g/mol. The number of nitrogens with one attached hydrogen (secondary N) is 3. The molecule has 4 rings (SSSR count). The number of anilines is 3. The molecule has 2 aromatic heterocycles. The van der Waals surface area contributed by atoms with Gasteiger partial charge in [0, 0.05) is 49.7 Å². The van der Waals surface area contributed by atoms with Gasteiger partial charge in [0.05, 0.1) is 30.6 Å². The molecule has 3 heterocycles. The fourth-order valence-corrected chi connectivity index (χ4v) is 4.76. The standard InChI is InChI=1S/C31H42N8O4/c1-21(2)38(12-11-32-20-40)29(41)28-26(19-39(36-28)31(4,5)6)35-30(42)34-24-9-7-22(3)25(17-24)23-8-10-27(33-18-23)37-13-15-43-16-14-37/h7-10,17-21H,11-16H2,1-6H3,(H,32,40)(H2,34,35,42). The van der Waals surface area contributed by atoms with Crippen LogP contribution in [-0.2, 0) is 15.1 Å². The van der Waals surface area contributed by atoms with Crippen LogP contribution >= 0.6 is 0 Å². The molecule has 1 fully saturated rings. The summed E-state index contributed by atoms with van der Waals surface area (Å²) < 4.78 is 7.10. The van der Waals surface area contributed by atoms with Gasteiger partial charge < -0.3 is 30.5 Å². The van der Waals surface area contributed by atoms with Crippen LogP contribution < -0.4 is 20.9 Å². The number of rotatable bonds is 10. The van der Waals surface area contributed by atoms with Crippen molar-refractivity contribution < 1.29 is 19.1 Å². The summed E-state index contributed by atoms with van der Waals surface area (Å²) >= 11 is 0. The third-order valence-electron chi connectivity index (χ3n) is 7.21. The fourth-order valence-electron chi connectivity index (χ4n) is 4.76. The molecule has 3 N–H and O–H groups in total. The zero-order valence-corrected chi connectivity index (χ0v) is 25.8. The second-order valence-electron chi connectivity index (χ2n) is 11.8. The number of amides is 4. The molecule has 0 saturated carbocycles. The van der Waals surface area contributed by atoms with Crippen LogP contribution in [0.4, 0.5) is 22.0 Å². The van der Waals surface area contributed by atoms with E-state index in [1.165, 1.54) is 0 Å². The molecule has 1 aliphatic heterocycles. The van der Waals surface area contributed by atoms with Gasteiger partial charge in [0.1, 0.15) is 5.82 Å². The van der Waals surface area contributed by atoms with Crippen molar-refractivity contribution in [2.45, 2.75) is 53.1 Å². The number of carbonyl (C=O) groups is 3. The molecule has 12 heteroatoms. The van der Waals surface area contributed by atoms with Crippen molar-refractivity contribution in [3.63, 3.8) is 0 Å². The third kappa shape index (κ3) is 7.89. The highest BCUT2D eigenvalue weighted by atomic mass is 16.5. The summed E-state index contributed by atoms with van der Waals surface area (Å²) in [7, 11) is 0. The first-order valence-corrected chi connectivity index (χ1v) is 14.5. The highest BCUT2D eigenvalue weighted by molar-refractivity contribution is 6.05. The Morgan fingerprint density at radius 1 is 1.12 bits per heavy atom. The normalized spacial score (nSPS) is 13.5. The van der Waals surface area contributed by atoms with Gasteiger partial charge in [-0.3, -0.25) is 14.3 Å². The van der Waals surface area contributed by atoms with Gasteiger partial charge in [0.25, 0.3) is 5.91 Å². The summed E-state index contributed by atoms with van der Waals surface area (Å²) in [6.07, 6.45) is 4.11. The zero-order chi connectivity index (χ0) is 31.1. The molecule has 12 nitrogen and oxygen atoms in total. The van der Waals surface area contributed by atoms with E-state index in [1.807, 2.05) is 78.1 Å². The fraction of sp³-hybridized carbons (Fsp3) is 0.452. The van der Waals surface area contributed by atoms with Crippen molar-refractivity contribution in [1.29, 1.82) is 0 Å². The van der Waals surface area contributed by atoms with E-state index in [9.17, 15) is 14.4 Å². The largest absolute Gasteiger partial charge is 0.378 e. The minimum atomic E-state index is -0.503. The number of hydrogen-bond acceptors (Lipinski definition) is 7. The molecular formula is C31H42N8O4. The van der Waals surface area contributed by atoms with Gasteiger partial charge in [-0.05, 0) is 76.9 Å². The van der Waals surface area contributed by atoms with E-state index in [2.05, 4.69) is 30.9 Å². The lowest BCUT2D eigenvalue weighted by atomic mass is 10.0. The summed E-state index contributed by atoms with van der Waals surface area (Å²) in [6.45, 7) is 15.3. The molecule has 0 radical (unpaired) electrons. The number of aromatic nitrogens is 3. The molecule has 1 saturated heterocycles. The number of pyridine rings is 1. The van der Waals surface area contributed by atoms with E-state index < -0.39 is 11.6 Å².